The molecule has 0 aliphatic heterocycles. The smallest absolute Gasteiger partial charge is 0.248 e. The molecule has 0 saturated heterocycles. The van der Waals surface area contributed by atoms with E-state index in [-0.39, 0.29) is 24.8 Å². The zero-order chi connectivity index (χ0) is 10.8. The zero-order valence-electron chi connectivity index (χ0n) is 8.55. The number of alkyl halides is 2. The van der Waals surface area contributed by atoms with Gasteiger partial charge in [-0.2, -0.15) is 0 Å². The van der Waals surface area contributed by atoms with Crippen LogP contribution in [0.4, 0.5) is 8.78 Å². The molecular weight excluding hydrogens is 188 g/mol. The lowest BCUT2D eigenvalue weighted by atomic mass is 9.82. The van der Waals surface area contributed by atoms with Crippen LogP contribution in [0.25, 0.3) is 0 Å². The standard InChI is InChI=1S/C10H19F2NO/c1-7(13)9(14)5-8-3-2-4-10(11,12)6-8/h7-9,14H,2-6,13H2,1H3. The molecule has 14 heavy (non-hydrogen) atoms. The van der Waals surface area contributed by atoms with Crippen molar-refractivity contribution < 1.29 is 13.9 Å². The zero-order valence-corrected chi connectivity index (χ0v) is 8.55. The van der Waals surface area contributed by atoms with E-state index in [4.69, 9.17) is 5.73 Å². The largest absolute Gasteiger partial charge is 0.392 e. The van der Waals surface area contributed by atoms with Crippen LogP contribution in [0.3, 0.4) is 0 Å². The molecule has 1 aliphatic rings. The number of hydrogen-bond acceptors (Lipinski definition) is 2. The number of aliphatic hydroxyl groups is 1. The Balaban J connectivity index is 2.38. The predicted molar refractivity (Wildman–Crippen MR) is 51.2 cm³/mol. The summed E-state index contributed by atoms with van der Waals surface area (Å²) in [7, 11) is 0. The molecule has 0 heterocycles. The fourth-order valence-electron chi connectivity index (χ4n) is 2.03. The van der Waals surface area contributed by atoms with E-state index in [1.165, 1.54) is 0 Å². The lowest BCUT2D eigenvalue weighted by Crippen LogP contribution is -2.35. The summed E-state index contributed by atoms with van der Waals surface area (Å²) >= 11 is 0. The van der Waals surface area contributed by atoms with Crippen LogP contribution < -0.4 is 5.73 Å². The molecule has 4 heteroatoms. The molecule has 0 aromatic carbocycles. The van der Waals surface area contributed by atoms with Crippen LogP contribution in [0.1, 0.15) is 39.0 Å². The van der Waals surface area contributed by atoms with E-state index in [0.29, 0.717) is 12.8 Å². The van der Waals surface area contributed by atoms with Crippen molar-refractivity contribution in [2.75, 3.05) is 0 Å². The molecule has 0 radical (unpaired) electrons. The van der Waals surface area contributed by atoms with Gasteiger partial charge in [0.1, 0.15) is 0 Å². The normalized spacial score (nSPS) is 31.1. The maximum Gasteiger partial charge on any atom is 0.248 e. The van der Waals surface area contributed by atoms with Crippen molar-refractivity contribution in [1.29, 1.82) is 0 Å². The quantitative estimate of drug-likeness (QED) is 0.742. The van der Waals surface area contributed by atoms with Crippen molar-refractivity contribution in [2.45, 2.75) is 57.1 Å². The van der Waals surface area contributed by atoms with Gasteiger partial charge in [-0.1, -0.05) is 0 Å². The van der Waals surface area contributed by atoms with E-state index in [1.54, 1.807) is 6.92 Å². The fourth-order valence-corrected chi connectivity index (χ4v) is 2.03. The molecule has 3 unspecified atom stereocenters. The van der Waals surface area contributed by atoms with Gasteiger partial charge in [0, 0.05) is 18.9 Å². The first-order valence-corrected chi connectivity index (χ1v) is 5.22. The molecule has 3 atom stereocenters. The van der Waals surface area contributed by atoms with Gasteiger partial charge in [-0.3, -0.25) is 0 Å². The first-order valence-electron chi connectivity index (χ1n) is 5.22. The van der Waals surface area contributed by atoms with Gasteiger partial charge in [0.2, 0.25) is 5.92 Å². The Morgan fingerprint density at radius 3 is 2.71 bits per heavy atom. The summed E-state index contributed by atoms with van der Waals surface area (Å²) in [5.74, 6) is -2.60. The van der Waals surface area contributed by atoms with Gasteiger partial charge in [-0.05, 0) is 32.1 Å². The molecular formula is C10H19F2NO. The highest BCUT2D eigenvalue weighted by atomic mass is 19.3. The summed E-state index contributed by atoms with van der Waals surface area (Å²) < 4.78 is 26.0. The highest BCUT2D eigenvalue weighted by molar-refractivity contribution is 4.81. The van der Waals surface area contributed by atoms with Crippen LogP contribution in [0.5, 0.6) is 0 Å². The van der Waals surface area contributed by atoms with Gasteiger partial charge in [0.15, 0.2) is 0 Å². The van der Waals surface area contributed by atoms with Crippen molar-refractivity contribution >= 4 is 0 Å². The minimum Gasteiger partial charge on any atom is -0.392 e. The summed E-state index contributed by atoms with van der Waals surface area (Å²) in [6.45, 7) is 1.70. The molecule has 0 aromatic rings. The van der Waals surface area contributed by atoms with Crippen molar-refractivity contribution in [3.05, 3.63) is 0 Å². The molecule has 0 bridgehead atoms. The molecule has 2 nitrogen and oxygen atoms in total. The monoisotopic (exact) mass is 207 g/mol. The van der Waals surface area contributed by atoms with Crippen LogP contribution in [0, 0.1) is 5.92 Å². The van der Waals surface area contributed by atoms with E-state index in [1.807, 2.05) is 0 Å². The van der Waals surface area contributed by atoms with Crippen molar-refractivity contribution in [2.24, 2.45) is 11.7 Å². The maximum absolute atomic E-state index is 13.0. The van der Waals surface area contributed by atoms with Gasteiger partial charge in [-0.25, -0.2) is 8.78 Å². The first-order chi connectivity index (χ1) is 6.41. The number of aliphatic hydroxyl groups excluding tert-OH is 1. The topological polar surface area (TPSA) is 46.2 Å². The summed E-state index contributed by atoms with van der Waals surface area (Å²) in [5, 5.41) is 9.48. The van der Waals surface area contributed by atoms with E-state index in [0.717, 1.165) is 6.42 Å². The third-order valence-electron chi connectivity index (χ3n) is 2.92. The number of hydrogen-bond donors (Lipinski definition) is 2. The Morgan fingerprint density at radius 1 is 1.57 bits per heavy atom. The number of nitrogens with two attached hydrogens (primary N) is 1. The Hall–Kier alpha value is -0.220. The molecule has 3 N–H and O–H groups in total. The highest BCUT2D eigenvalue weighted by Gasteiger charge is 2.36. The third kappa shape index (κ3) is 3.50. The second-order valence-corrected chi connectivity index (χ2v) is 4.48. The Morgan fingerprint density at radius 2 is 2.21 bits per heavy atom. The van der Waals surface area contributed by atoms with Crippen LogP contribution in [-0.2, 0) is 0 Å². The van der Waals surface area contributed by atoms with Crippen LogP contribution in [0.2, 0.25) is 0 Å². The molecule has 1 rings (SSSR count). The van der Waals surface area contributed by atoms with Crippen LogP contribution >= 0.6 is 0 Å². The van der Waals surface area contributed by atoms with Gasteiger partial charge in [-0.15, -0.1) is 0 Å². The molecule has 1 fully saturated rings. The molecule has 0 aromatic heterocycles. The average molecular weight is 207 g/mol. The van der Waals surface area contributed by atoms with E-state index in [9.17, 15) is 13.9 Å². The van der Waals surface area contributed by atoms with E-state index in [2.05, 4.69) is 0 Å². The highest BCUT2D eigenvalue weighted by Crippen LogP contribution is 2.38. The Labute approximate surface area is 83.5 Å². The molecule has 0 spiro atoms. The molecule has 84 valence electrons. The first kappa shape index (κ1) is 11.9. The van der Waals surface area contributed by atoms with Gasteiger partial charge in [0.05, 0.1) is 6.10 Å². The fraction of sp³-hybridized carbons (Fsp3) is 1.00. The Bertz CT molecular complexity index is 185. The lowest BCUT2D eigenvalue weighted by Gasteiger charge is -2.30. The van der Waals surface area contributed by atoms with Crippen molar-refractivity contribution in [3.8, 4) is 0 Å². The average Bonchev–Trinajstić information content (AvgIpc) is 2.01. The van der Waals surface area contributed by atoms with E-state index < -0.39 is 12.0 Å². The van der Waals surface area contributed by atoms with Crippen LogP contribution in [0.15, 0.2) is 0 Å². The summed E-state index contributed by atoms with van der Waals surface area (Å²) in [6.07, 6.45) is 1.03. The predicted octanol–water partition coefficient (Wildman–Crippen LogP) is 1.91. The number of halogens is 2. The minimum atomic E-state index is -2.53. The Kier molecular flexibility index (Phi) is 3.84. The lowest BCUT2D eigenvalue weighted by molar-refractivity contribution is -0.0596. The summed E-state index contributed by atoms with van der Waals surface area (Å²) in [6, 6.07) is -0.328. The third-order valence-corrected chi connectivity index (χ3v) is 2.92. The van der Waals surface area contributed by atoms with Crippen molar-refractivity contribution in [1.82, 2.24) is 0 Å². The summed E-state index contributed by atoms with van der Waals surface area (Å²) in [4.78, 5) is 0. The van der Waals surface area contributed by atoms with Gasteiger partial charge >= 0.3 is 0 Å². The SMILES string of the molecule is CC(N)C(O)CC1CCCC(F)(F)C1. The van der Waals surface area contributed by atoms with Gasteiger partial charge < -0.3 is 10.8 Å². The second-order valence-electron chi connectivity index (χ2n) is 4.48. The molecule has 1 saturated carbocycles. The molecule has 1 aliphatic carbocycles. The van der Waals surface area contributed by atoms with E-state index >= 15 is 0 Å². The van der Waals surface area contributed by atoms with Crippen molar-refractivity contribution in [3.63, 3.8) is 0 Å². The van der Waals surface area contributed by atoms with Gasteiger partial charge in [0.25, 0.3) is 0 Å². The maximum atomic E-state index is 13.0. The molecule has 0 amide bonds. The summed E-state index contributed by atoms with van der Waals surface area (Å²) in [5.41, 5.74) is 5.48. The second kappa shape index (κ2) is 4.53. The minimum absolute atomic E-state index is 0.00221. The number of rotatable bonds is 3. The van der Waals surface area contributed by atoms with Crippen LogP contribution in [-0.4, -0.2) is 23.2 Å².